The van der Waals surface area contributed by atoms with Crippen molar-refractivity contribution in [2.45, 2.75) is 0 Å². The minimum Gasteiger partial charge on any atom is -0.545 e. The molecule has 4 rings (SSSR count). The van der Waals surface area contributed by atoms with Gasteiger partial charge in [-0.05, 0) is 29.0 Å². The van der Waals surface area contributed by atoms with Crippen LogP contribution in [0.1, 0.15) is 20.7 Å². The fourth-order valence-electron chi connectivity index (χ4n) is 3.67. The van der Waals surface area contributed by atoms with Crippen molar-refractivity contribution in [3.8, 4) is 5.75 Å². The van der Waals surface area contributed by atoms with Crippen molar-refractivity contribution in [3.05, 3.63) is 77.9 Å². The SMILES string of the molecule is O=C([O-])c1ccccc1C(=O)N1CCN(C(=O)COc2ccc3ccccc3c2)CC1. The molecule has 158 valence electrons. The highest BCUT2D eigenvalue weighted by Gasteiger charge is 2.26. The molecule has 1 aliphatic rings. The lowest BCUT2D eigenvalue weighted by Crippen LogP contribution is -2.51. The van der Waals surface area contributed by atoms with Gasteiger partial charge in [0.05, 0.1) is 5.97 Å². The molecule has 0 N–H and O–H groups in total. The Hall–Kier alpha value is -3.87. The Bertz CT molecular complexity index is 1140. The third-order valence-corrected chi connectivity index (χ3v) is 5.38. The number of hydrogen-bond acceptors (Lipinski definition) is 5. The summed E-state index contributed by atoms with van der Waals surface area (Å²) in [6, 6.07) is 19.6. The van der Waals surface area contributed by atoms with Crippen molar-refractivity contribution >= 4 is 28.6 Å². The lowest BCUT2D eigenvalue weighted by molar-refractivity contribution is -0.255. The van der Waals surface area contributed by atoms with E-state index >= 15 is 0 Å². The third-order valence-electron chi connectivity index (χ3n) is 5.38. The predicted octanol–water partition coefficient (Wildman–Crippen LogP) is 1.57. The molecule has 1 fully saturated rings. The average Bonchev–Trinajstić information content (AvgIpc) is 2.82. The van der Waals surface area contributed by atoms with Gasteiger partial charge in [-0.1, -0.05) is 48.5 Å². The van der Waals surface area contributed by atoms with Gasteiger partial charge in [-0.3, -0.25) is 9.59 Å². The first kappa shape index (κ1) is 20.4. The summed E-state index contributed by atoms with van der Waals surface area (Å²) in [6.07, 6.45) is 0. The zero-order chi connectivity index (χ0) is 21.8. The standard InChI is InChI=1S/C24H22N2O5/c27-22(16-31-19-10-9-17-5-1-2-6-18(17)15-19)25-11-13-26(14-12-25)23(28)20-7-3-4-8-21(20)24(29)30/h1-10,15H,11-14,16H2,(H,29,30)/p-1. The van der Waals surface area contributed by atoms with E-state index in [9.17, 15) is 19.5 Å². The van der Waals surface area contributed by atoms with E-state index in [-0.39, 0.29) is 29.5 Å². The summed E-state index contributed by atoms with van der Waals surface area (Å²) in [4.78, 5) is 39.7. The van der Waals surface area contributed by atoms with Crippen LogP contribution in [0.3, 0.4) is 0 Å². The summed E-state index contributed by atoms with van der Waals surface area (Å²) in [5.74, 6) is -1.29. The number of aromatic carboxylic acids is 1. The first-order valence-electron chi connectivity index (χ1n) is 10.0. The van der Waals surface area contributed by atoms with Gasteiger partial charge in [-0.25, -0.2) is 0 Å². The zero-order valence-electron chi connectivity index (χ0n) is 16.8. The van der Waals surface area contributed by atoms with Gasteiger partial charge in [0.25, 0.3) is 11.8 Å². The van der Waals surface area contributed by atoms with Crippen LogP contribution in [0.5, 0.6) is 5.75 Å². The number of amides is 2. The van der Waals surface area contributed by atoms with Crippen molar-refractivity contribution in [2.24, 2.45) is 0 Å². The van der Waals surface area contributed by atoms with E-state index in [1.807, 2.05) is 42.5 Å². The van der Waals surface area contributed by atoms with Gasteiger partial charge in [0.2, 0.25) is 0 Å². The number of hydrogen-bond donors (Lipinski definition) is 0. The molecule has 0 aromatic heterocycles. The number of carboxylic acids is 1. The molecule has 0 saturated carbocycles. The van der Waals surface area contributed by atoms with Gasteiger partial charge < -0.3 is 24.4 Å². The highest BCUT2D eigenvalue weighted by Crippen LogP contribution is 2.20. The summed E-state index contributed by atoms with van der Waals surface area (Å²) >= 11 is 0. The quantitative estimate of drug-likeness (QED) is 0.629. The summed E-state index contributed by atoms with van der Waals surface area (Å²) in [7, 11) is 0. The molecular formula is C24H21N2O5-. The number of nitrogens with zero attached hydrogens (tertiary/aromatic N) is 2. The van der Waals surface area contributed by atoms with Gasteiger partial charge in [-0.15, -0.1) is 0 Å². The summed E-state index contributed by atoms with van der Waals surface area (Å²) in [5.41, 5.74) is -0.0308. The van der Waals surface area contributed by atoms with Crippen molar-refractivity contribution in [1.29, 1.82) is 0 Å². The highest BCUT2D eigenvalue weighted by molar-refractivity contribution is 6.04. The highest BCUT2D eigenvalue weighted by atomic mass is 16.5. The number of benzene rings is 3. The lowest BCUT2D eigenvalue weighted by atomic mass is 10.1. The second-order valence-electron chi connectivity index (χ2n) is 7.30. The Morgan fingerprint density at radius 3 is 2.10 bits per heavy atom. The fraction of sp³-hybridized carbons (Fsp3) is 0.208. The van der Waals surface area contributed by atoms with E-state index in [1.165, 1.54) is 12.1 Å². The Labute approximate surface area is 179 Å². The van der Waals surface area contributed by atoms with Gasteiger partial charge in [0.15, 0.2) is 6.61 Å². The first-order valence-corrected chi connectivity index (χ1v) is 10.0. The Morgan fingerprint density at radius 1 is 0.774 bits per heavy atom. The Balaban J connectivity index is 1.32. The molecular weight excluding hydrogens is 396 g/mol. The normalized spacial score (nSPS) is 13.8. The van der Waals surface area contributed by atoms with Crippen molar-refractivity contribution in [2.75, 3.05) is 32.8 Å². The largest absolute Gasteiger partial charge is 0.545 e. The van der Waals surface area contributed by atoms with E-state index in [0.29, 0.717) is 31.9 Å². The summed E-state index contributed by atoms with van der Waals surface area (Å²) in [5, 5.41) is 13.4. The predicted molar refractivity (Wildman–Crippen MR) is 113 cm³/mol. The van der Waals surface area contributed by atoms with E-state index in [2.05, 4.69) is 0 Å². The molecule has 1 aliphatic heterocycles. The maximum absolute atomic E-state index is 12.7. The smallest absolute Gasteiger partial charge is 0.260 e. The van der Waals surface area contributed by atoms with Gasteiger partial charge >= 0.3 is 0 Å². The van der Waals surface area contributed by atoms with Crippen LogP contribution < -0.4 is 9.84 Å². The molecule has 2 amide bonds. The molecule has 0 bridgehead atoms. The maximum atomic E-state index is 12.7. The van der Waals surface area contributed by atoms with Crippen LogP contribution in [0.4, 0.5) is 0 Å². The maximum Gasteiger partial charge on any atom is 0.260 e. The van der Waals surface area contributed by atoms with Gasteiger partial charge in [0, 0.05) is 37.3 Å². The molecule has 0 spiro atoms. The number of carbonyl (C=O) groups excluding carboxylic acids is 3. The topological polar surface area (TPSA) is 90.0 Å². The van der Waals surface area contributed by atoms with Crippen LogP contribution in [0.25, 0.3) is 10.8 Å². The molecule has 1 heterocycles. The van der Waals surface area contributed by atoms with Gasteiger partial charge in [0.1, 0.15) is 5.75 Å². The minimum atomic E-state index is -1.39. The number of piperazine rings is 1. The van der Waals surface area contributed by atoms with E-state index in [1.54, 1.807) is 21.9 Å². The zero-order valence-corrected chi connectivity index (χ0v) is 16.8. The van der Waals surface area contributed by atoms with Crippen molar-refractivity contribution in [1.82, 2.24) is 9.80 Å². The molecule has 7 heteroatoms. The second kappa shape index (κ2) is 8.87. The monoisotopic (exact) mass is 417 g/mol. The van der Waals surface area contributed by atoms with Crippen LogP contribution in [0.2, 0.25) is 0 Å². The van der Waals surface area contributed by atoms with Crippen LogP contribution in [0.15, 0.2) is 66.7 Å². The van der Waals surface area contributed by atoms with E-state index in [0.717, 1.165) is 10.8 Å². The molecule has 3 aromatic carbocycles. The molecule has 0 atom stereocenters. The summed E-state index contributed by atoms with van der Waals surface area (Å²) in [6.45, 7) is 1.28. The number of rotatable bonds is 5. The van der Waals surface area contributed by atoms with Crippen LogP contribution in [-0.2, 0) is 4.79 Å². The first-order chi connectivity index (χ1) is 15.0. The minimum absolute atomic E-state index is 0.0835. The van der Waals surface area contributed by atoms with Gasteiger partial charge in [-0.2, -0.15) is 0 Å². The molecule has 0 unspecified atom stereocenters. The molecule has 7 nitrogen and oxygen atoms in total. The third kappa shape index (κ3) is 4.50. The van der Waals surface area contributed by atoms with E-state index in [4.69, 9.17) is 4.74 Å². The molecule has 1 saturated heterocycles. The second-order valence-corrected chi connectivity index (χ2v) is 7.30. The average molecular weight is 417 g/mol. The van der Waals surface area contributed by atoms with Crippen LogP contribution in [0, 0.1) is 0 Å². The molecule has 0 aliphatic carbocycles. The Morgan fingerprint density at radius 2 is 1.39 bits per heavy atom. The number of fused-ring (bicyclic) bond motifs is 1. The Kier molecular flexibility index (Phi) is 5.84. The molecule has 31 heavy (non-hydrogen) atoms. The number of carboxylic acid groups (broad SMARTS) is 1. The molecule has 3 aromatic rings. The van der Waals surface area contributed by atoms with E-state index < -0.39 is 5.97 Å². The lowest BCUT2D eigenvalue weighted by Gasteiger charge is -2.35. The van der Waals surface area contributed by atoms with Crippen molar-refractivity contribution < 1.29 is 24.2 Å². The number of ether oxygens (including phenoxy) is 1. The fourth-order valence-corrected chi connectivity index (χ4v) is 3.67. The van der Waals surface area contributed by atoms with Crippen molar-refractivity contribution in [3.63, 3.8) is 0 Å². The molecule has 0 radical (unpaired) electrons. The van der Waals surface area contributed by atoms with Crippen LogP contribution >= 0.6 is 0 Å². The van der Waals surface area contributed by atoms with Crippen LogP contribution in [-0.4, -0.2) is 60.4 Å². The number of carbonyl (C=O) groups is 3. The summed E-state index contributed by atoms with van der Waals surface area (Å²) < 4.78 is 5.67.